The van der Waals surface area contributed by atoms with Gasteiger partial charge in [-0.15, -0.1) is 0 Å². The number of carbonyl (C=O) groups is 3. The van der Waals surface area contributed by atoms with Crippen LogP contribution in [0.5, 0.6) is 0 Å². The van der Waals surface area contributed by atoms with Gasteiger partial charge >= 0.3 is 11.9 Å². The lowest BCUT2D eigenvalue weighted by Gasteiger charge is -2.26. The maximum atomic E-state index is 12.9. The summed E-state index contributed by atoms with van der Waals surface area (Å²) in [5.41, 5.74) is 0. The van der Waals surface area contributed by atoms with E-state index in [0.717, 1.165) is 141 Å². The number of likely N-dealkylation sites (N-methyl/N-ethyl adjacent to an activating group) is 1. The molecule has 0 aliphatic heterocycles. The van der Waals surface area contributed by atoms with Gasteiger partial charge in [0.1, 0.15) is 13.2 Å². The van der Waals surface area contributed by atoms with E-state index in [-0.39, 0.29) is 38.6 Å². The minimum Gasteiger partial charge on any atom is -0.545 e. The highest BCUT2D eigenvalue weighted by molar-refractivity contribution is 5.70. The molecule has 0 spiro atoms. The molecule has 0 amide bonds. The molecular formula is C72H113NO8. The molecule has 0 heterocycles. The molecule has 81 heavy (non-hydrogen) atoms. The number of carboxylic acid groups (broad SMARTS) is 1. The van der Waals surface area contributed by atoms with Crippen molar-refractivity contribution in [2.45, 2.75) is 219 Å². The fourth-order valence-electron chi connectivity index (χ4n) is 7.66. The maximum absolute atomic E-state index is 12.9. The van der Waals surface area contributed by atoms with Gasteiger partial charge in [-0.05, 0) is 135 Å². The Morgan fingerprint density at radius 1 is 0.383 bits per heavy atom. The highest BCUT2D eigenvalue weighted by atomic mass is 16.7. The zero-order valence-electron chi connectivity index (χ0n) is 51.6. The lowest BCUT2D eigenvalue weighted by atomic mass is 10.1. The summed E-state index contributed by atoms with van der Waals surface area (Å²) in [5, 5.41) is 11.8. The number of unbranched alkanes of at least 4 members (excludes halogenated alkanes) is 12. The first-order valence-corrected chi connectivity index (χ1v) is 31.3. The minimum absolute atomic E-state index is 0.128. The molecule has 0 fully saturated rings. The number of aliphatic carboxylic acids is 1. The van der Waals surface area contributed by atoms with Gasteiger partial charge in [-0.25, -0.2) is 0 Å². The average molecular weight is 1120 g/mol. The number of carbonyl (C=O) groups excluding carboxylic acids is 3. The molecule has 0 N–H and O–H groups in total. The van der Waals surface area contributed by atoms with Crippen LogP contribution in [0, 0.1) is 0 Å². The van der Waals surface area contributed by atoms with Crippen LogP contribution in [0.3, 0.4) is 0 Å². The van der Waals surface area contributed by atoms with Gasteiger partial charge in [0.25, 0.3) is 0 Å². The molecule has 9 heteroatoms. The summed E-state index contributed by atoms with van der Waals surface area (Å²) in [6.45, 7) is 4.52. The molecule has 0 bridgehead atoms. The highest BCUT2D eigenvalue weighted by Gasteiger charge is 2.22. The van der Waals surface area contributed by atoms with Gasteiger partial charge in [0.05, 0.1) is 40.3 Å². The molecule has 0 aromatic rings. The predicted octanol–water partition coefficient (Wildman–Crippen LogP) is 17.8. The molecule has 2 unspecified atom stereocenters. The van der Waals surface area contributed by atoms with Gasteiger partial charge in [-0.2, -0.15) is 0 Å². The third-order valence-electron chi connectivity index (χ3n) is 12.4. The smallest absolute Gasteiger partial charge is 0.306 e. The first kappa shape index (κ1) is 75.7. The topological polar surface area (TPSA) is 111 Å². The van der Waals surface area contributed by atoms with Crippen LogP contribution >= 0.6 is 0 Å². The van der Waals surface area contributed by atoms with E-state index in [9.17, 15) is 19.5 Å². The van der Waals surface area contributed by atoms with Crippen molar-refractivity contribution in [1.29, 1.82) is 0 Å². The van der Waals surface area contributed by atoms with Crippen molar-refractivity contribution in [1.82, 2.24) is 0 Å². The summed E-state index contributed by atoms with van der Waals surface area (Å²) < 4.78 is 22.6. The lowest BCUT2D eigenvalue weighted by Crippen LogP contribution is -2.44. The van der Waals surface area contributed by atoms with Crippen LogP contribution in [0.2, 0.25) is 0 Å². The third-order valence-corrected chi connectivity index (χ3v) is 12.4. The van der Waals surface area contributed by atoms with Crippen molar-refractivity contribution >= 4 is 17.9 Å². The van der Waals surface area contributed by atoms with Crippen LogP contribution in [0.4, 0.5) is 0 Å². The average Bonchev–Trinajstić information content (AvgIpc) is 3.44. The van der Waals surface area contributed by atoms with Crippen molar-refractivity contribution in [3.63, 3.8) is 0 Å². The van der Waals surface area contributed by atoms with E-state index >= 15 is 0 Å². The summed E-state index contributed by atoms with van der Waals surface area (Å²) in [6, 6.07) is 0. The zero-order valence-corrected chi connectivity index (χ0v) is 51.6. The predicted molar refractivity (Wildman–Crippen MR) is 342 cm³/mol. The minimum atomic E-state index is -1.65. The molecule has 0 radical (unpaired) electrons. The summed E-state index contributed by atoms with van der Waals surface area (Å²) in [4.78, 5) is 37.3. The zero-order chi connectivity index (χ0) is 59.1. The van der Waals surface area contributed by atoms with Gasteiger partial charge in [-0.1, -0.05) is 229 Å². The third kappa shape index (κ3) is 62.1. The van der Waals surface area contributed by atoms with Crippen molar-refractivity contribution < 1.29 is 42.9 Å². The van der Waals surface area contributed by atoms with E-state index < -0.39 is 24.3 Å². The molecule has 2 atom stereocenters. The summed E-state index contributed by atoms with van der Waals surface area (Å²) in [7, 11) is 5.89. The van der Waals surface area contributed by atoms with E-state index in [1.807, 2.05) is 21.1 Å². The Morgan fingerprint density at radius 3 is 1.06 bits per heavy atom. The SMILES string of the molecule is CC/C=C\C/C=C\C/C=C\C/C=C\C/C=C\C/C=C\C/C=C\C/C=C\C/C=C\C/C=C\C/C=C\CCCCCC(=O)OC(COC(=O)CCCCCCCC/C=C\C/C=C\C/C=C\CCCCC)COC(OCC[N+](C)(C)C)C(=O)[O-]. The van der Waals surface area contributed by atoms with E-state index in [2.05, 4.69) is 184 Å². The van der Waals surface area contributed by atoms with Gasteiger partial charge in [0.2, 0.25) is 0 Å². The number of quaternary nitrogens is 1. The molecule has 9 nitrogen and oxygen atoms in total. The Kier molecular flexibility index (Phi) is 56.7. The van der Waals surface area contributed by atoms with Crippen LogP contribution in [-0.2, 0) is 33.3 Å². The number of hydrogen-bond donors (Lipinski definition) is 0. The number of esters is 2. The van der Waals surface area contributed by atoms with Crippen molar-refractivity contribution in [2.24, 2.45) is 0 Å². The van der Waals surface area contributed by atoms with Crippen molar-refractivity contribution in [2.75, 3.05) is 47.5 Å². The molecular weight excluding hydrogens is 1010 g/mol. The van der Waals surface area contributed by atoms with Crippen molar-refractivity contribution in [3.05, 3.63) is 170 Å². The lowest BCUT2D eigenvalue weighted by molar-refractivity contribution is -0.870. The number of carboxylic acids is 1. The van der Waals surface area contributed by atoms with Gasteiger partial charge in [0, 0.05) is 12.8 Å². The van der Waals surface area contributed by atoms with E-state index in [1.165, 1.54) is 25.7 Å². The Morgan fingerprint density at radius 2 is 0.704 bits per heavy atom. The Hall–Kier alpha value is -5.35. The molecule has 0 aliphatic rings. The summed E-state index contributed by atoms with van der Waals surface area (Å²) in [5.74, 6) is -2.37. The Bertz CT molecular complexity index is 1930. The molecule has 0 saturated carbocycles. The second-order valence-corrected chi connectivity index (χ2v) is 21.3. The number of nitrogens with zero attached hydrogens (tertiary/aromatic N) is 1. The van der Waals surface area contributed by atoms with Gasteiger partial charge < -0.3 is 33.3 Å². The van der Waals surface area contributed by atoms with E-state index in [1.54, 1.807) is 0 Å². The number of hydrogen-bond acceptors (Lipinski definition) is 8. The Labute approximate surface area is 495 Å². The van der Waals surface area contributed by atoms with Crippen molar-refractivity contribution in [3.8, 4) is 0 Å². The maximum Gasteiger partial charge on any atom is 0.306 e. The summed E-state index contributed by atoms with van der Waals surface area (Å²) >= 11 is 0. The fraction of sp³-hybridized carbons (Fsp3) is 0.569. The van der Waals surface area contributed by atoms with Gasteiger partial charge in [0.15, 0.2) is 12.4 Å². The van der Waals surface area contributed by atoms with Gasteiger partial charge in [-0.3, -0.25) is 9.59 Å². The van der Waals surface area contributed by atoms with Crippen LogP contribution in [0.15, 0.2) is 170 Å². The van der Waals surface area contributed by atoms with E-state index in [0.29, 0.717) is 23.9 Å². The second-order valence-electron chi connectivity index (χ2n) is 21.3. The molecule has 454 valence electrons. The number of allylic oxidation sites excluding steroid dienone is 28. The van der Waals surface area contributed by atoms with Crippen LogP contribution in [0.25, 0.3) is 0 Å². The van der Waals surface area contributed by atoms with Crippen LogP contribution in [-0.4, -0.2) is 82.3 Å². The van der Waals surface area contributed by atoms with E-state index in [4.69, 9.17) is 18.9 Å². The second kappa shape index (κ2) is 60.7. The first-order valence-electron chi connectivity index (χ1n) is 31.3. The standard InChI is InChI=1S/C72H113NO8/c1-6-8-10-12-14-16-18-20-22-24-26-27-28-29-30-31-32-33-34-35-36-37-38-39-40-41-42-43-45-47-49-51-53-55-57-59-61-63-70(75)81-68(67-80-72(71(76)77)78-65-64-73(3,4)5)66-79-69(74)62-60-58-56-54-52-50-48-46-44-25-23-21-19-17-15-13-11-9-7-2/h8,10,14-17,20-23,26-27,29-30,32-33,35-36,38-39,41-42,44-47,51,53,68,72H,6-7,9,11-13,18-19,24-25,28,31,34,37,40,43,48-50,52,54-67H2,1-5H3/b10-8-,16-14-,17-15-,22-20-,23-21-,27-26-,30-29-,33-32-,36-35-,39-38-,42-41-,46-44-,47-45-,53-51-. The molecule has 0 saturated heterocycles. The number of rotatable bonds is 55. The number of ether oxygens (including phenoxy) is 4. The van der Waals surface area contributed by atoms with Crippen LogP contribution in [0.1, 0.15) is 206 Å². The first-order chi connectivity index (χ1) is 39.6. The monoisotopic (exact) mass is 1120 g/mol. The molecule has 0 aromatic carbocycles. The molecule has 0 aromatic heterocycles. The summed E-state index contributed by atoms with van der Waals surface area (Å²) in [6.07, 6.45) is 88.4. The quantitative estimate of drug-likeness (QED) is 0.0195. The van der Waals surface area contributed by atoms with Crippen LogP contribution < -0.4 is 5.11 Å². The normalized spacial score (nSPS) is 13.9. The fourth-order valence-corrected chi connectivity index (χ4v) is 7.66. The largest absolute Gasteiger partial charge is 0.545 e. The Balaban J connectivity index is 4.34. The molecule has 0 aliphatic carbocycles. The molecule has 0 rings (SSSR count). The highest BCUT2D eigenvalue weighted by Crippen LogP contribution is 2.12.